The lowest BCUT2D eigenvalue weighted by atomic mass is 10.1. The third kappa shape index (κ3) is 3.42. The highest BCUT2D eigenvalue weighted by atomic mass is 16.5. The number of nitrogens with zero attached hydrogens (tertiary/aromatic N) is 2. The Hall–Kier alpha value is -3.02. The molecule has 146 valence electrons. The molecule has 1 aliphatic carbocycles. The minimum absolute atomic E-state index is 0.0793. The number of benzene rings is 2. The van der Waals surface area contributed by atoms with E-state index in [1.165, 1.54) is 11.1 Å². The van der Waals surface area contributed by atoms with Crippen molar-refractivity contribution in [2.24, 2.45) is 0 Å². The Morgan fingerprint density at radius 3 is 2.46 bits per heavy atom. The van der Waals surface area contributed by atoms with Crippen LogP contribution in [0.4, 0.5) is 10.5 Å². The number of piperazine rings is 1. The number of rotatable bonds is 3. The summed E-state index contributed by atoms with van der Waals surface area (Å²) in [5.41, 5.74) is 3.38. The normalized spacial score (nSPS) is 19.5. The first-order valence-electron chi connectivity index (χ1n) is 9.66. The van der Waals surface area contributed by atoms with Gasteiger partial charge in [-0.05, 0) is 43.0 Å². The maximum atomic E-state index is 12.9. The van der Waals surface area contributed by atoms with Crippen LogP contribution in [0.3, 0.4) is 0 Å². The summed E-state index contributed by atoms with van der Waals surface area (Å²) in [6, 6.07) is 15.1. The van der Waals surface area contributed by atoms with E-state index in [-0.39, 0.29) is 18.0 Å². The van der Waals surface area contributed by atoms with Crippen molar-refractivity contribution >= 4 is 17.6 Å². The summed E-state index contributed by atoms with van der Waals surface area (Å²) in [7, 11) is 1.60. The standard InChI is InChI=1S/C22H25N3O3/c1-15-21(26)25(19-8-5-9-20(14-19)28-2)11-10-24(15)22(27)23-18-12-16-6-3-4-7-17(16)13-18/h3-9,14-15,18H,10-13H2,1-2H3,(H,23,27)/t15-/m0/s1. The number of hydrogen-bond acceptors (Lipinski definition) is 3. The van der Waals surface area contributed by atoms with Crippen LogP contribution in [0.1, 0.15) is 18.1 Å². The molecule has 6 heteroatoms. The lowest BCUT2D eigenvalue weighted by molar-refractivity contribution is -0.124. The molecule has 28 heavy (non-hydrogen) atoms. The van der Waals surface area contributed by atoms with Crippen molar-refractivity contribution in [2.75, 3.05) is 25.1 Å². The predicted molar refractivity (Wildman–Crippen MR) is 108 cm³/mol. The Morgan fingerprint density at radius 2 is 1.79 bits per heavy atom. The first kappa shape index (κ1) is 18.3. The number of carbonyl (C=O) groups is 2. The summed E-state index contributed by atoms with van der Waals surface area (Å²) in [5.74, 6) is 0.628. The second-order valence-corrected chi connectivity index (χ2v) is 7.38. The third-order valence-corrected chi connectivity index (χ3v) is 5.66. The summed E-state index contributed by atoms with van der Waals surface area (Å²) in [6.07, 6.45) is 1.68. The molecule has 0 radical (unpaired) electrons. The zero-order valence-corrected chi connectivity index (χ0v) is 16.2. The third-order valence-electron chi connectivity index (χ3n) is 5.66. The van der Waals surface area contributed by atoms with Crippen LogP contribution in [0, 0.1) is 0 Å². The molecular weight excluding hydrogens is 354 g/mol. The predicted octanol–water partition coefficient (Wildman–Crippen LogP) is 2.61. The van der Waals surface area contributed by atoms with Gasteiger partial charge in [0, 0.05) is 30.9 Å². The van der Waals surface area contributed by atoms with Gasteiger partial charge < -0.3 is 19.9 Å². The summed E-state index contributed by atoms with van der Waals surface area (Å²) in [4.78, 5) is 29.1. The highest BCUT2D eigenvalue weighted by Gasteiger charge is 2.36. The molecule has 6 nitrogen and oxygen atoms in total. The second kappa shape index (κ2) is 7.54. The maximum absolute atomic E-state index is 12.9. The van der Waals surface area contributed by atoms with E-state index >= 15 is 0 Å². The van der Waals surface area contributed by atoms with E-state index in [1.807, 2.05) is 36.4 Å². The van der Waals surface area contributed by atoms with Gasteiger partial charge in [-0.2, -0.15) is 0 Å². The zero-order valence-electron chi connectivity index (χ0n) is 16.2. The summed E-state index contributed by atoms with van der Waals surface area (Å²) in [6.45, 7) is 2.75. The van der Waals surface area contributed by atoms with Crippen molar-refractivity contribution in [1.82, 2.24) is 10.2 Å². The number of hydrogen-bond donors (Lipinski definition) is 1. The molecule has 0 saturated carbocycles. The molecule has 2 aromatic carbocycles. The molecule has 1 N–H and O–H groups in total. The van der Waals surface area contributed by atoms with E-state index < -0.39 is 6.04 Å². The van der Waals surface area contributed by atoms with E-state index in [0.717, 1.165) is 18.5 Å². The van der Waals surface area contributed by atoms with Gasteiger partial charge in [0.1, 0.15) is 11.8 Å². The lowest BCUT2D eigenvalue weighted by Crippen LogP contribution is -2.60. The molecule has 0 spiro atoms. The first-order valence-corrected chi connectivity index (χ1v) is 9.66. The van der Waals surface area contributed by atoms with E-state index in [9.17, 15) is 9.59 Å². The smallest absolute Gasteiger partial charge is 0.318 e. The molecule has 3 amide bonds. The highest BCUT2D eigenvalue weighted by molar-refractivity contribution is 6.00. The van der Waals surface area contributed by atoms with Gasteiger partial charge in [0.05, 0.1) is 7.11 Å². The van der Waals surface area contributed by atoms with Gasteiger partial charge >= 0.3 is 6.03 Å². The molecule has 0 unspecified atom stereocenters. The number of carbonyl (C=O) groups excluding carboxylic acids is 2. The molecule has 2 aromatic rings. The molecule has 2 aliphatic rings. The topological polar surface area (TPSA) is 61.9 Å². The van der Waals surface area contributed by atoms with Crippen LogP contribution in [0.15, 0.2) is 48.5 Å². The highest BCUT2D eigenvalue weighted by Crippen LogP contribution is 2.25. The molecule has 0 bridgehead atoms. The van der Waals surface area contributed by atoms with Crippen LogP contribution < -0.4 is 15.0 Å². The molecule has 1 aliphatic heterocycles. The summed E-state index contributed by atoms with van der Waals surface area (Å²) >= 11 is 0. The number of urea groups is 1. The monoisotopic (exact) mass is 379 g/mol. The molecule has 1 heterocycles. The van der Waals surface area contributed by atoms with Crippen molar-refractivity contribution in [3.8, 4) is 5.75 Å². The SMILES string of the molecule is COc1cccc(N2CCN(C(=O)NC3Cc4ccccc4C3)[C@@H](C)C2=O)c1. The second-order valence-electron chi connectivity index (χ2n) is 7.38. The van der Waals surface area contributed by atoms with Crippen molar-refractivity contribution in [3.05, 3.63) is 59.7 Å². The Balaban J connectivity index is 1.40. The van der Waals surface area contributed by atoms with Gasteiger partial charge in [-0.15, -0.1) is 0 Å². The zero-order chi connectivity index (χ0) is 19.7. The van der Waals surface area contributed by atoms with E-state index in [4.69, 9.17) is 4.74 Å². The van der Waals surface area contributed by atoms with Gasteiger partial charge in [0.25, 0.3) is 0 Å². The van der Waals surface area contributed by atoms with Crippen LogP contribution in [0.2, 0.25) is 0 Å². The fraction of sp³-hybridized carbons (Fsp3) is 0.364. The molecule has 1 saturated heterocycles. The van der Waals surface area contributed by atoms with Gasteiger partial charge in [0.2, 0.25) is 5.91 Å². The van der Waals surface area contributed by atoms with Gasteiger partial charge in [-0.1, -0.05) is 30.3 Å². The van der Waals surface area contributed by atoms with E-state index in [0.29, 0.717) is 18.8 Å². The van der Waals surface area contributed by atoms with Crippen LogP contribution in [0.5, 0.6) is 5.75 Å². The number of anilines is 1. The number of nitrogens with one attached hydrogen (secondary N) is 1. The Kier molecular flexibility index (Phi) is 4.94. The molecule has 4 rings (SSSR count). The van der Waals surface area contributed by atoms with Crippen LogP contribution in [-0.4, -0.2) is 49.1 Å². The van der Waals surface area contributed by atoms with Gasteiger partial charge in [0.15, 0.2) is 0 Å². The molecule has 1 atom stereocenters. The van der Waals surface area contributed by atoms with Gasteiger partial charge in [-0.3, -0.25) is 4.79 Å². The largest absolute Gasteiger partial charge is 0.497 e. The minimum atomic E-state index is -0.510. The quantitative estimate of drug-likeness (QED) is 0.892. The van der Waals surface area contributed by atoms with E-state index in [2.05, 4.69) is 17.4 Å². The van der Waals surface area contributed by atoms with Crippen molar-refractivity contribution in [2.45, 2.75) is 31.8 Å². The van der Waals surface area contributed by atoms with Crippen LogP contribution >= 0.6 is 0 Å². The average Bonchev–Trinajstić information content (AvgIpc) is 3.12. The Labute approximate surface area is 165 Å². The van der Waals surface area contributed by atoms with Crippen LogP contribution in [-0.2, 0) is 17.6 Å². The van der Waals surface area contributed by atoms with Crippen molar-refractivity contribution in [1.29, 1.82) is 0 Å². The number of ether oxygens (including phenoxy) is 1. The number of methoxy groups -OCH3 is 1. The fourth-order valence-corrected chi connectivity index (χ4v) is 4.10. The average molecular weight is 379 g/mol. The van der Waals surface area contributed by atoms with Gasteiger partial charge in [-0.25, -0.2) is 4.79 Å². The van der Waals surface area contributed by atoms with Crippen molar-refractivity contribution in [3.63, 3.8) is 0 Å². The Morgan fingerprint density at radius 1 is 1.07 bits per heavy atom. The maximum Gasteiger partial charge on any atom is 0.318 e. The van der Waals surface area contributed by atoms with Crippen molar-refractivity contribution < 1.29 is 14.3 Å². The number of amides is 3. The first-order chi connectivity index (χ1) is 13.6. The minimum Gasteiger partial charge on any atom is -0.497 e. The molecular formula is C22H25N3O3. The molecule has 1 fully saturated rings. The lowest BCUT2D eigenvalue weighted by Gasteiger charge is -2.39. The fourth-order valence-electron chi connectivity index (χ4n) is 4.10. The Bertz CT molecular complexity index is 873. The number of fused-ring (bicyclic) bond motifs is 1. The molecule has 0 aromatic heterocycles. The summed E-state index contributed by atoms with van der Waals surface area (Å²) in [5, 5.41) is 3.12. The summed E-state index contributed by atoms with van der Waals surface area (Å²) < 4.78 is 5.26. The van der Waals surface area contributed by atoms with Crippen LogP contribution in [0.25, 0.3) is 0 Å². The van der Waals surface area contributed by atoms with E-state index in [1.54, 1.807) is 23.8 Å².